The first kappa shape index (κ1) is 25.9. The van der Waals surface area contributed by atoms with Gasteiger partial charge in [-0.2, -0.15) is 0 Å². The van der Waals surface area contributed by atoms with Crippen LogP contribution < -0.4 is 0 Å². The van der Waals surface area contributed by atoms with Gasteiger partial charge >= 0.3 is 0 Å². The fraction of sp³-hybridized carbons (Fsp3) is 0. The number of hydrogen-bond acceptors (Lipinski definition) is 4. The number of nitrogens with zero attached hydrogens (tertiary/aromatic N) is 3. The van der Waals surface area contributed by atoms with Crippen molar-refractivity contribution in [3.05, 3.63) is 152 Å². The van der Waals surface area contributed by atoms with Gasteiger partial charge in [0.25, 0.3) is 0 Å². The lowest BCUT2D eigenvalue weighted by Crippen LogP contribution is -2.00. The topological polar surface area (TPSA) is 51.8 Å². The fourth-order valence-corrected chi connectivity index (χ4v) is 7.08. The minimum Gasteiger partial charge on any atom is -0.456 e. The lowest BCUT2D eigenvalue weighted by Gasteiger charge is -2.12. The average Bonchev–Trinajstić information content (AvgIpc) is 3.53. The first-order valence-electron chi connectivity index (χ1n) is 15.8. The van der Waals surface area contributed by atoms with Crippen LogP contribution in [0.15, 0.2) is 156 Å². The molecule has 10 rings (SSSR count). The maximum Gasteiger partial charge on any atom is 0.164 e. The van der Waals surface area contributed by atoms with Gasteiger partial charge < -0.3 is 4.42 Å². The molecule has 0 saturated carbocycles. The van der Waals surface area contributed by atoms with Crippen molar-refractivity contribution in [2.45, 2.75) is 0 Å². The highest BCUT2D eigenvalue weighted by atomic mass is 16.3. The molecule has 0 N–H and O–H groups in total. The van der Waals surface area contributed by atoms with Crippen LogP contribution in [0.4, 0.5) is 0 Å². The van der Waals surface area contributed by atoms with Gasteiger partial charge in [0, 0.05) is 27.5 Å². The van der Waals surface area contributed by atoms with E-state index in [0.29, 0.717) is 17.5 Å². The van der Waals surface area contributed by atoms with E-state index in [1.807, 2.05) is 60.7 Å². The second-order valence-electron chi connectivity index (χ2n) is 12.0. The first-order valence-corrected chi connectivity index (χ1v) is 15.8. The van der Waals surface area contributed by atoms with E-state index in [2.05, 4.69) is 91.0 Å². The predicted molar refractivity (Wildman–Crippen MR) is 193 cm³/mol. The van der Waals surface area contributed by atoms with Crippen molar-refractivity contribution in [2.24, 2.45) is 0 Å². The maximum absolute atomic E-state index is 6.22. The number of aromatic nitrogens is 3. The number of hydrogen-bond donors (Lipinski definition) is 0. The van der Waals surface area contributed by atoms with E-state index in [1.165, 1.54) is 43.1 Å². The summed E-state index contributed by atoms with van der Waals surface area (Å²) in [5.41, 5.74) is 4.44. The summed E-state index contributed by atoms with van der Waals surface area (Å²) in [4.78, 5) is 15.2. The van der Waals surface area contributed by atoms with Gasteiger partial charge in [-0.3, -0.25) is 0 Å². The van der Waals surface area contributed by atoms with E-state index in [-0.39, 0.29) is 0 Å². The Kier molecular flexibility index (Phi) is 5.54. The zero-order valence-corrected chi connectivity index (χ0v) is 25.2. The number of rotatable bonds is 3. The molecule has 0 aliphatic carbocycles. The molecule has 8 aromatic carbocycles. The summed E-state index contributed by atoms with van der Waals surface area (Å²) in [6.45, 7) is 0. The van der Waals surface area contributed by atoms with Crippen molar-refractivity contribution in [1.82, 2.24) is 15.0 Å². The van der Waals surface area contributed by atoms with Crippen LogP contribution in [0.25, 0.3) is 99.2 Å². The summed E-state index contributed by atoms with van der Waals surface area (Å²) in [5, 5.41) is 11.9. The third-order valence-electron chi connectivity index (χ3n) is 9.31. The van der Waals surface area contributed by atoms with E-state index in [1.54, 1.807) is 0 Å². The molecule has 0 spiro atoms. The average molecular weight is 600 g/mol. The van der Waals surface area contributed by atoms with Crippen molar-refractivity contribution in [3.63, 3.8) is 0 Å². The lowest BCUT2D eigenvalue weighted by molar-refractivity contribution is 0.669. The quantitative estimate of drug-likeness (QED) is 0.190. The third-order valence-corrected chi connectivity index (χ3v) is 9.31. The molecule has 4 heteroatoms. The number of para-hydroxylation sites is 1. The molecule has 47 heavy (non-hydrogen) atoms. The van der Waals surface area contributed by atoms with Crippen LogP contribution in [0.3, 0.4) is 0 Å². The molecule has 0 radical (unpaired) electrons. The minimum absolute atomic E-state index is 0.613. The minimum atomic E-state index is 0.613. The Labute approximate surface area is 269 Å². The Morgan fingerprint density at radius 2 is 0.915 bits per heavy atom. The highest BCUT2D eigenvalue weighted by Crippen LogP contribution is 2.38. The first-order chi connectivity index (χ1) is 23.3. The molecular formula is C43H25N3O. The summed E-state index contributed by atoms with van der Waals surface area (Å²) in [6, 6.07) is 52.9. The normalized spacial score (nSPS) is 11.8. The van der Waals surface area contributed by atoms with Gasteiger partial charge in [0.1, 0.15) is 11.2 Å². The van der Waals surface area contributed by atoms with Crippen molar-refractivity contribution >= 4 is 65.0 Å². The number of benzene rings is 8. The summed E-state index contributed by atoms with van der Waals surface area (Å²) >= 11 is 0. The van der Waals surface area contributed by atoms with Crippen LogP contribution in [0.1, 0.15) is 0 Å². The monoisotopic (exact) mass is 599 g/mol. The van der Waals surface area contributed by atoms with E-state index < -0.39 is 0 Å². The van der Waals surface area contributed by atoms with Gasteiger partial charge in [0.2, 0.25) is 0 Å². The van der Waals surface area contributed by atoms with Crippen LogP contribution in [-0.4, -0.2) is 15.0 Å². The summed E-state index contributed by atoms with van der Waals surface area (Å²) in [7, 11) is 0. The van der Waals surface area contributed by atoms with Gasteiger partial charge in [-0.25, -0.2) is 15.0 Å². The Bertz CT molecular complexity index is 2850. The highest BCUT2D eigenvalue weighted by Gasteiger charge is 2.18. The van der Waals surface area contributed by atoms with Crippen LogP contribution in [-0.2, 0) is 0 Å². The zero-order valence-electron chi connectivity index (χ0n) is 25.2. The summed E-state index contributed by atoms with van der Waals surface area (Å²) in [6.07, 6.45) is 0. The molecule has 10 aromatic rings. The second kappa shape index (κ2) is 10.1. The van der Waals surface area contributed by atoms with Crippen molar-refractivity contribution < 1.29 is 4.42 Å². The molecule has 0 fully saturated rings. The molecule has 0 saturated heterocycles. The van der Waals surface area contributed by atoms with E-state index in [9.17, 15) is 0 Å². The predicted octanol–water partition coefficient (Wildman–Crippen LogP) is 11.4. The molecule has 2 aromatic heterocycles. The van der Waals surface area contributed by atoms with Gasteiger partial charge in [-0.05, 0) is 61.3 Å². The highest BCUT2D eigenvalue weighted by molar-refractivity contribution is 6.22. The van der Waals surface area contributed by atoms with Crippen LogP contribution in [0.2, 0.25) is 0 Å². The van der Waals surface area contributed by atoms with Crippen LogP contribution in [0, 0.1) is 0 Å². The largest absolute Gasteiger partial charge is 0.456 e. The van der Waals surface area contributed by atoms with Crippen molar-refractivity contribution in [1.29, 1.82) is 0 Å². The molecular weight excluding hydrogens is 574 g/mol. The van der Waals surface area contributed by atoms with Gasteiger partial charge in [0.05, 0.1) is 0 Å². The SMILES string of the molecule is c1ccc(-c2nc(-c3ccc4ccc5c(ccc6c7ccccc7ccc65)c4c3)nc(-c3cccc4oc5ccccc5c34)n2)cc1. The molecule has 0 aliphatic heterocycles. The summed E-state index contributed by atoms with van der Waals surface area (Å²) in [5.74, 6) is 1.87. The standard InChI is InChI=1S/C43H25N3O/c1-2-10-28(11-3-1)41-44-42(46-43(45-41)36-14-8-16-39-40(36)35-13-6-7-15-38(35)47-39)29-18-17-27-20-22-33-32-21-19-26-9-4-5-12-30(26)31(32)23-24-34(33)37(27)25-29/h1-25H. The van der Waals surface area contributed by atoms with E-state index in [4.69, 9.17) is 19.4 Å². The Hall–Kier alpha value is -6.39. The molecule has 0 bridgehead atoms. The zero-order chi connectivity index (χ0) is 30.9. The van der Waals surface area contributed by atoms with E-state index in [0.717, 1.165) is 38.6 Å². The molecule has 0 aliphatic rings. The Morgan fingerprint density at radius 1 is 0.340 bits per heavy atom. The van der Waals surface area contributed by atoms with Gasteiger partial charge in [0.15, 0.2) is 17.5 Å². The van der Waals surface area contributed by atoms with Gasteiger partial charge in [-0.15, -0.1) is 0 Å². The van der Waals surface area contributed by atoms with Gasteiger partial charge in [-0.1, -0.05) is 133 Å². The smallest absolute Gasteiger partial charge is 0.164 e. The van der Waals surface area contributed by atoms with Crippen molar-refractivity contribution in [3.8, 4) is 34.2 Å². The third kappa shape index (κ3) is 4.05. The Morgan fingerprint density at radius 3 is 1.74 bits per heavy atom. The molecule has 0 unspecified atom stereocenters. The number of furan rings is 1. The molecule has 4 nitrogen and oxygen atoms in total. The molecule has 0 amide bonds. The van der Waals surface area contributed by atoms with E-state index >= 15 is 0 Å². The van der Waals surface area contributed by atoms with Crippen LogP contribution in [0.5, 0.6) is 0 Å². The Balaban J connectivity index is 1.22. The summed E-state index contributed by atoms with van der Waals surface area (Å²) < 4.78 is 6.22. The molecule has 218 valence electrons. The molecule has 2 heterocycles. The fourth-order valence-electron chi connectivity index (χ4n) is 7.08. The second-order valence-corrected chi connectivity index (χ2v) is 12.0. The van der Waals surface area contributed by atoms with Crippen LogP contribution >= 0.6 is 0 Å². The molecule has 0 atom stereocenters. The lowest BCUT2D eigenvalue weighted by atomic mass is 9.93. The maximum atomic E-state index is 6.22. The van der Waals surface area contributed by atoms with Crippen molar-refractivity contribution in [2.75, 3.05) is 0 Å². The number of fused-ring (bicyclic) bond motifs is 10.